The zero-order chi connectivity index (χ0) is 16.2. The summed E-state index contributed by atoms with van der Waals surface area (Å²) in [5, 5.41) is 20.3. The number of nitro benzene ring substituents is 1. The highest BCUT2D eigenvalue weighted by molar-refractivity contribution is 7.89. The van der Waals surface area contributed by atoms with E-state index in [1.54, 1.807) is 0 Å². The van der Waals surface area contributed by atoms with Gasteiger partial charge in [-0.25, -0.2) is 13.1 Å². The molecule has 0 spiro atoms. The minimum atomic E-state index is -4.02. The largest absolute Gasteiger partial charge is 0.389 e. The molecule has 0 aliphatic heterocycles. The van der Waals surface area contributed by atoms with Crippen LogP contribution in [0, 0.1) is 17.0 Å². The Balaban J connectivity index is 3.06. The molecule has 1 unspecified atom stereocenters. The van der Waals surface area contributed by atoms with E-state index in [1.807, 2.05) is 0 Å². The predicted octanol–water partition coefficient (Wildman–Crippen LogP) is 0.842. The molecular weight excluding hydrogens is 324 g/mol. The van der Waals surface area contributed by atoms with E-state index in [2.05, 4.69) is 9.46 Å². The molecule has 1 rings (SSSR count). The number of benzene rings is 1. The van der Waals surface area contributed by atoms with Crippen molar-refractivity contribution in [3.05, 3.63) is 32.8 Å². The van der Waals surface area contributed by atoms with Crippen LogP contribution in [-0.4, -0.2) is 44.8 Å². The number of sulfonamides is 1. The van der Waals surface area contributed by atoms with E-state index in [-0.39, 0.29) is 34.3 Å². The van der Waals surface area contributed by atoms with Crippen molar-refractivity contribution >= 4 is 27.3 Å². The monoisotopic (exact) mass is 338 g/mol. The van der Waals surface area contributed by atoms with Gasteiger partial charge in [0.05, 0.1) is 27.6 Å². The average Bonchev–Trinajstić information content (AvgIpc) is 2.39. The number of methoxy groups -OCH3 is 1. The molecule has 0 aliphatic carbocycles. The Hall–Kier alpha value is -1.26. The summed E-state index contributed by atoms with van der Waals surface area (Å²) in [6.07, 6.45) is -1.03. The molecule has 10 heteroatoms. The van der Waals surface area contributed by atoms with Crippen molar-refractivity contribution < 1.29 is 23.2 Å². The minimum absolute atomic E-state index is 0.0259. The topological polar surface area (TPSA) is 119 Å². The molecule has 1 aromatic carbocycles. The highest BCUT2D eigenvalue weighted by atomic mass is 35.5. The molecule has 0 fully saturated rings. The summed E-state index contributed by atoms with van der Waals surface area (Å²) in [5.41, 5.74) is -0.208. The van der Waals surface area contributed by atoms with Crippen molar-refractivity contribution in [3.8, 4) is 0 Å². The highest BCUT2D eigenvalue weighted by Gasteiger charge is 2.23. The molecule has 2 N–H and O–H groups in total. The molecule has 0 saturated carbocycles. The fraction of sp³-hybridized carbons (Fsp3) is 0.455. The van der Waals surface area contributed by atoms with Gasteiger partial charge in [0.25, 0.3) is 5.69 Å². The minimum Gasteiger partial charge on any atom is -0.389 e. The van der Waals surface area contributed by atoms with Gasteiger partial charge >= 0.3 is 0 Å². The third kappa shape index (κ3) is 4.61. The Morgan fingerprint density at radius 3 is 2.67 bits per heavy atom. The Morgan fingerprint density at radius 2 is 2.14 bits per heavy atom. The van der Waals surface area contributed by atoms with Crippen LogP contribution in [0.2, 0.25) is 5.02 Å². The summed E-state index contributed by atoms with van der Waals surface area (Å²) in [4.78, 5) is 9.83. The first kappa shape index (κ1) is 17.8. The van der Waals surface area contributed by atoms with E-state index in [4.69, 9.17) is 11.6 Å². The van der Waals surface area contributed by atoms with E-state index in [1.165, 1.54) is 14.0 Å². The van der Waals surface area contributed by atoms with E-state index < -0.39 is 21.1 Å². The number of aliphatic hydroxyl groups is 1. The van der Waals surface area contributed by atoms with E-state index in [0.717, 1.165) is 12.1 Å². The summed E-state index contributed by atoms with van der Waals surface area (Å²) in [7, 11) is -2.66. The molecule has 0 bridgehead atoms. The number of aliphatic hydroxyl groups excluding tert-OH is 1. The normalized spacial score (nSPS) is 13.1. The van der Waals surface area contributed by atoms with Crippen LogP contribution in [-0.2, 0) is 14.8 Å². The lowest BCUT2D eigenvalue weighted by molar-refractivity contribution is -0.385. The van der Waals surface area contributed by atoms with Gasteiger partial charge in [0.15, 0.2) is 0 Å². The van der Waals surface area contributed by atoms with Gasteiger partial charge in [0.2, 0.25) is 10.0 Å². The van der Waals surface area contributed by atoms with Crippen molar-refractivity contribution in [1.82, 2.24) is 4.72 Å². The number of hydrogen-bond acceptors (Lipinski definition) is 6. The number of rotatable bonds is 7. The van der Waals surface area contributed by atoms with E-state index >= 15 is 0 Å². The van der Waals surface area contributed by atoms with Crippen LogP contribution >= 0.6 is 11.6 Å². The molecule has 1 atom stereocenters. The molecule has 118 valence electrons. The molecule has 0 amide bonds. The molecule has 21 heavy (non-hydrogen) atoms. The van der Waals surface area contributed by atoms with Crippen molar-refractivity contribution in [1.29, 1.82) is 0 Å². The molecule has 0 aliphatic rings. The van der Waals surface area contributed by atoms with Crippen LogP contribution in [0.3, 0.4) is 0 Å². The van der Waals surface area contributed by atoms with Gasteiger partial charge in [-0.05, 0) is 13.0 Å². The van der Waals surface area contributed by atoms with E-state index in [0.29, 0.717) is 0 Å². The standard InChI is InChI=1S/C11H15ClN2O6S/c1-7-10(12)3-9(4-11(7)14(16)17)21(18,19)13-5-8(15)6-20-2/h3-4,8,13,15H,5-6H2,1-2H3. The summed E-state index contributed by atoms with van der Waals surface area (Å²) < 4.78 is 30.9. The van der Waals surface area contributed by atoms with Crippen molar-refractivity contribution in [2.24, 2.45) is 0 Å². The first-order valence-electron chi connectivity index (χ1n) is 5.80. The van der Waals surface area contributed by atoms with Gasteiger partial charge in [-0.2, -0.15) is 0 Å². The second-order valence-corrected chi connectivity index (χ2v) is 6.44. The van der Waals surface area contributed by atoms with Gasteiger partial charge in [0, 0.05) is 25.3 Å². The van der Waals surface area contributed by atoms with Gasteiger partial charge in [-0.1, -0.05) is 11.6 Å². The molecule has 0 radical (unpaired) electrons. The van der Waals surface area contributed by atoms with Gasteiger partial charge in [-0.15, -0.1) is 0 Å². The number of hydrogen-bond donors (Lipinski definition) is 2. The van der Waals surface area contributed by atoms with Crippen molar-refractivity contribution in [2.45, 2.75) is 17.9 Å². The Kier molecular flexibility index (Phi) is 6.05. The molecule has 8 nitrogen and oxygen atoms in total. The quantitative estimate of drug-likeness (QED) is 0.561. The third-order valence-electron chi connectivity index (χ3n) is 2.67. The Bertz CT molecular complexity index is 634. The van der Waals surface area contributed by atoms with Crippen LogP contribution in [0.5, 0.6) is 0 Å². The van der Waals surface area contributed by atoms with Crippen molar-refractivity contribution in [3.63, 3.8) is 0 Å². The number of nitrogens with one attached hydrogen (secondary N) is 1. The van der Waals surface area contributed by atoms with Crippen molar-refractivity contribution in [2.75, 3.05) is 20.3 Å². The Morgan fingerprint density at radius 1 is 1.52 bits per heavy atom. The smallest absolute Gasteiger partial charge is 0.275 e. The molecule has 0 heterocycles. The number of nitro groups is 1. The van der Waals surface area contributed by atoms with Crippen LogP contribution in [0.1, 0.15) is 5.56 Å². The third-order valence-corrected chi connectivity index (χ3v) is 4.46. The van der Waals surface area contributed by atoms with Crippen LogP contribution in [0.15, 0.2) is 17.0 Å². The molecule has 0 aromatic heterocycles. The Labute approximate surface area is 126 Å². The molecular formula is C11H15ClN2O6S. The fourth-order valence-electron chi connectivity index (χ4n) is 1.53. The first-order valence-corrected chi connectivity index (χ1v) is 7.66. The zero-order valence-corrected chi connectivity index (χ0v) is 12.9. The SMILES string of the molecule is COCC(O)CNS(=O)(=O)c1cc(Cl)c(C)c([N+](=O)[O-])c1. The lowest BCUT2D eigenvalue weighted by Crippen LogP contribution is -2.34. The maximum Gasteiger partial charge on any atom is 0.275 e. The van der Waals surface area contributed by atoms with Gasteiger partial charge in [0.1, 0.15) is 0 Å². The highest BCUT2D eigenvalue weighted by Crippen LogP contribution is 2.29. The summed E-state index contributed by atoms with van der Waals surface area (Å²) >= 11 is 5.82. The predicted molar refractivity (Wildman–Crippen MR) is 75.9 cm³/mol. The lowest BCUT2D eigenvalue weighted by Gasteiger charge is -2.12. The second kappa shape index (κ2) is 7.14. The number of halogens is 1. The maximum atomic E-state index is 12.0. The first-order chi connectivity index (χ1) is 9.69. The molecule has 0 saturated heterocycles. The van der Waals surface area contributed by atoms with Crippen LogP contribution in [0.25, 0.3) is 0 Å². The zero-order valence-electron chi connectivity index (χ0n) is 11.4. The molecule has 1 aromatic rings. The lowest BCUT2D eigenvalue weighted by atomic mass is 10.2. The van der Waals surface area contributed by atoms with Gasteiger partial charge in [-0.3, -0.25) is 10.1 Å². The fourth-order valence-corrected chi connectivity index (χ4v) is 2.92. The van der Waals surface area contributed by atoms with Crippen LogP contribution in [0.4, 0.5) is 5.69 Å². The number of ether oxygens (including phenoxy) is 1. The van der Waals surface area contributed by atoms with Gasteiger partial charge < -0.3 is 9.84 Å². The summed E-state index contributed by atoms with van der Waals surface area (Å²) in [6.45, 7) is 1.10. The van der Waals surface area contributed by atoms with Crippen LogP contribution < -0.4 is 4.72 Å². The second-order valence-electron chi connectivity index (χ2n) is 4.27. The number of nitrogens with zero attached hydrogens (tertiary/aromatic N) is 1. The van der Waals surface area contributed by atoms with E-state index in [9.17, 15) is 23.6 Å². The summed E-state index contributed by atoms with van der Waals surface area (Å²) in [5.74, 6) is 0. The average molecular weight is 339 g/mol. The summed E-state index contributed by atoms with van der Waals surface area (Å²) in [6, 6.07) is 2.04. The maximum absolute atomic E-state index is 12.0.